The van der Waals surface area contributed by atoms with Gasteiger partial charge in [0.2, 0.25) is 0 Å². The van der Waals surface area contributed by atoms with Gasteiger partial charge in [-0.2, -0.15) is 0 Å². The molecule has 0 saturated heterocycles. The van der Waals surface area contributed by atoms with Crippen LogP contribution in [0.5, 0.6) is 0 Å². The summed E-state index contributed by atoms with van der Waals surface area (Å²) in [5.41, 5.74) is -1.01. The van der Waals surface area contributed by atoms with Crippen molar-refractivity contribution in [3.05, 3.63) is 11.6 Å². The number of allylic oxidation sites excluding steroid dienone is 1. The molecule has 0 aromatic carbocycles. The average molecular weight is 494 g/mol. The molecule has 7 atom stereocenters. The van der Waals surface area contributed by atoms with E-state index in [1.54, 1.807) is 0 Å². The van der Waals surface area contributed by atoms with Gasteiger partial charge in [-0.3, -0.25) is 9.59 Å². The van der Waals surface area contributed by atoms with E-state index < -0.39 is 17.1 Å². The number of nitrogens with zero attached hydrogens (tertiary/aromatic N) is 1. The van der Waals surface area contributed by atoms with Gasteiger partial charge in [0.05, 0.1) is 11.9 Å². The summed E-state index contributed by atoms with van der Waals surface area (Å²) in [4.78, 5) is 27.6. The molecule has 0 aliphatic heterocycles. The maximum atomic E-state index is 13.4. The number of ketones is 2. The third-order valence-electron chi connectivity index (χ3n) is 9.86. The molecule has 0 bridgehead atoms. The van der Waals surface area contributed by atoms with Gasteiger partial charge < -0.3 is 15.1 Å². The summed E-state index contributed by atoms with van der Waals surface area (Å²) in [5.74, 6) is 0.785. The molecule has 3 unspecified atom stereocenters. The molecular weight excluding hydrogens is 454 g/mol. The second-order valence-corrected chi connectivity index (χ2v) is 12.7. The molecule has 0 spiro atoms. The van der Waals surface area contributed by atoms with E-state index in [1.165, 1.54) is 17.3 Å². The Morgan fingerprint density at radius 2 is 1.91 bits per heavy atom. The van der Waals surface area contributed by atoms with Crippen molar-refractivity contribution < 1.29 is 19.8 Å². The van der Waals surface area contributed by atoms with Crippen molar-refractivity contribution in [2.45, 2.75) is 84.3 Å². The average Bonchev–Trinajstić information content (AvgIpc) is 3.04. The maximum absolute atomic E-state index is 13.4. The van der Waals surface area contributed by atoms with Crippen LogP contribution in [0.1, 0.15) is 72.6 Å². The van der Waals surface area contributed by atoms with Gasteiger partial charge in [-0.25, -0.2) is 0 Å². The molecule has 7 heteroatoms. The number of carbonyl (C=O) groups is 2. The third kappa shape index (κ3) is 3.85. The lowest BCUT2D eigenvalue weighted by molar-refractivity contribution is -0.178. The quantitative estimate of drug-likeness (QED) is 0.557. The van der Waals surface area contributed by atoms with E-state index >= 15 is 0 Å². The minimum atomic E-state index is -1.42. The van der Waals surface area contributed by atoms with Crippen molar-refractivity contribution in [1.29, 1.82) is 0 Å². The number of fused-ring (bicyclic) bond motifs is 5. The van der Waals surface area contributed by atoms with Crippen LogP contribution < -0.4 is 0 Å². The van der Waals surface area contributed by atoms with Crippen LogP contribution in [0, 0.1) is 28.6 Å². The lowest BCUT2D eigenvalue weighted by atomic mass is 9.45. The van der Waals surface area contributed by atoms with Gasteiger partial charge in [-0.05, 0) is 81.6 Å². The molecule has 2 N–H and O–H groups in total. The fourth-order valence-electron chi connectivity index (χ4n) is 7.97. The molecule has 3 saturated carbocycles. The number of aliphatic hydroxyl groups is 2. The fraction of sp³-hybridized carbons (Fsp3) is 0.808. The Hall–Kier alpha value is -0.760. The number of aliphatic hydroxyl groups excluding tert-OH is 1. The van der Waals surface area contributed by atoms with Crippen LogP contribution in [0.2, 0.25) is 0 Å². The molecule has 3 fully saturated rings. The topological polar surface area (TPSA) is 77.8 Å². The molecule has 184 valence electrons. The van der Waals surface area contributed by atoms with E-state index in [4.69, 9.17) is 12.2 Å². The van der Waals surface area contributed by atoms with Crippen molar-refractivity contribution in [1.82, 2.24) is 4.90 Å². The Morgan fingerprint density at radius 3 is 2.58 bits per heavy atom. The van der Waals surface area contributed by atoms with E-state index in [-0.39, 0.29) is 40.5 Å². The third-order valence-corrected chi connectivity index (χ3v) is 11.4. The molecule has 5 nitrogen and oxygen atoms in total. The highest BCUT2D eigenvalue weighted by Crippen LogP contribution is 2.67. The molecule has 0 radical (unpaired) electrons. The van der Waals surface area contributed by atoms with Crippen molar-refractivity contribution >= 4 is 39.9 Å². The van der Waals surface area contributed by atoms with Crippen LogP contribution in [-0.4, -0.2) is 61.5 Å². The summed E-state index contributed by atoms with van der Waals surface area (Å²) in [6, 6.07) is 0. The molecule has 4 aliphatic carbocycles. The van der Waals surface area contributed by atoms with Gasteiger partial charge in [-0.1, -0.05) is 43.4 Å². The molecule has 0 aromatic heterocycles. The number of carbonyl (C=O) groups excluding carboxylic acids is 2. The zero-order valence-corrected chi connectivity index (χ0v) is 22.1. The van der Waals surface area contributed by atoms with Gasteiger partial charge >= 0.3 is 0 Å². The van der Waals surface area contributed by atoms with Crippen LogP contribution in [0.25, 0.3) is 0 Å². The monoisotopic (exact) mass is 493 g/mol. The number of Topliss-reactive ketones (excluding diaryl/α,β-unsaturated/α-hetero) is 1. The minimum Gasteiger partial charge on any atom is -0.393 e. The molecule has 0 heterocycles. The zero-order chi connectivity index (χ0) is 24.2. The summed E-state index contributed by atoms with van der Waals surface area (Å²) >= 11 is 6.85. The Balaban J connectivity index is 1.56. The molecule has 4 aliphatic rings. The number of rotatable bonds is 5. The normalized spacial score (nSPS) is 42.1. The molecule has 0 aromatic rings. The molecule has 33 heavy (non-hydrogen) atoms. The molecule has 4 rings (SSSR count). The van der Waals surface area contributed by atoms with E-state index in [0.29, 0.717) is 23.6 Å². The van der Waals surface area contributed by atoms with Gasteiger partial charge in [0, 0.05) is 24.9 Å². The summed E-state index contributed by atoms with van der Waals surface area (Å²) in [6.45, 7) is 9.95. The number of hydrogen-bond acceptors (Lipinski definition) is 6. The minimum absolute atomic E-state index is 0.0887. The van der Waals surface area contributed by atoms with E-state index in [9.17, 15) is 19.8 Å². The van der Waals surface area contributed by atoms with Gasteiger partial charge in [0.15, 0.2) is 11.6 Å². The van der Waals surface area contributed by atoms with Gasteiger partial charge in [0.1, 0.15) is 9.92 Å². The highest BCUT2D eigenvalue weighted by molar-refractivity contribution is 8.23. The van der Waals surface area contributed by atoms with Crippen LogP contribution in [0.3, 0.4) is 0 Å². The first-order chi connectivity index (χ1) is 15.5. The van der Waals surface area contributed by atoms with Crippen LogP contribution >= 0.6 is 24.0 Å². The smallest absolute Gasteiger partial charge is 0.175 e. The van der Waals surface area contributed by atoms with E-state index in [1.807, 2.05) is 31.7 Å². The fourth-order valence-corrected chi connectivity index (χ4v) is 9.34. The molecule has 0 amide bonds. The van der Waals surface area contributed by atoms with E-state index in [2.05, 4.69) is 6.92 Å². The lowest BCUT2D eigenvalue weighted by Gasteiger charge is -2.60. The predicted molar refractivity (Wildman–Crippen MR) is 136 cm³/mol. The summed E-state index contributed by atoms with van der Waals surface area (Å²) in [6.07, 6.45) is 6.09. The summed E-state index contributed by atoms with van der Waals surface area (Å²) in [7, 11) is 0. The number of thiocarbonyl (C=S) groups is 1. The Labute approximate surface area is 207 Å². The number of thioether (sulfide) groups is 1. The first kappa shape index (κ1) is 25.3. The maximum Gasteiger partial charge on any atom is 0.175 e. The predicted octanol–water partition coefficient (Wildman–Crippen LogP) is 4.15. The van der Waals surface area contributed by atoms with Gasteiger partial charge in [-0.15, -0.1) is 0 Å². The zero-order valence-electron chi connectivity index (χ0n) is 20.4. The van der Waals surface area contributed by atoms with Crippen molar-refractivity contribution in [3.8, 4) is 0 Å². The number of hydrogen-bond donors (Lipinski definition) is 2. The lowest BCUT2D eigenvalue weighted by Crippen LogP contribution is -2.62. The van der Waals surface area contributed by atoms with Crippen molar-refractivity contribution in [3.63, 3.8) is 0 Å². The van der Waals surface area contributed by atoms with E-state index in [0.717, 1.165) is 38.8 Å². The Kier molecular flexibility index (Phi) is 6.93. The van der Waals surface area contributed by atoms with Crippen LogP contribution in [0.4, 0.5) is 0 Å². The van der Waals surface area contributed by atoms with Gasteiger partial charge in [0.25, 0.3) is 0 Å². The Bertz CT molecular complexity index is 870. The van der Waals surface area contributed by atoms with Crippen molar-refractivity contribution in [2.75, 3.05) is 18.8 Å². The van der Waals surface area contributed by atoms with Crippen molar-refractivity contribution in [2.24, 2.45) is 28.6 Å². The largest absolute Gasteiger partial charge is 0.393 e. The first-order valence-electron chi connectivity index (χ1n) is 12.6. The summed E-state index contributed by atoms with van der Waals surface area (Å²) in [5, 5.41) is 23.3. The SMILES string of the molecule is CCN(CC)C(=S)SCC(=O)[C@@]1(O)CCC2C3CCC4=CC(=O)CC[C@]4(C)C3[C@@H](O)C[C@@]21C. The highest BCUT2D eigenvalue weighted by atomic mass is 32.2. The second kappa shape index (κ2) is 9.03. The Morgan fingerprint density at radius 1 is 1.21 bits per heavy atom. The first-order valence-corrected chi connectivity index (χ1v) is 14.0. The second-order valence-electron chi connectivity index (χ2n) is 11.1. The van der Waals surface area contributed by atoms with Crippen LogP contribution in [-0.2, 0) is 9.59 Å². The highest BCUT2D eigenvalue weighted by Gasteiger charge is 2.68. The standard InChI is InChI=1S/C26H39NO4S2/c1-5-27(6-2)23(32)33-15-21(30)26(31)12-10-19-18-8-7-16-13-17(28)9-11-24(16,3)22(18)20(29)14-25(19,26)4/h13,18-20,22,29,31H,5-12,14-15H2,1-4H3/t18?,19?,20-,22?,24-,25-,26-/m0/s1. The van der Waals surface area contributed by atoms with Crippen LogP contribution in [0.15, 0.2) is 11.6 Å². The molecular formula is C26H39NO4S2. The summed E-state index contributed by atoms with van der Waals surface area (Å²) < 4.78 is 0.701.